The molecule has 2 aromatic rings. The third-order valence-electron chi connectivity index (χ3n) is 5.09. The lowest BCUT2D eigenvalue weighted by Gasteiger charge is -2.27. The molecule has 0 aromatic carbocycles. The largest absolute Gasteiger partial charge is 0.391 e. The van der Waals surface area contributed by atoms with Crippen molar-refractivity contribution >= 4 is 11.7 Å². The quantitative estimate of drug-likeness (QED) is 0.894. The van der Waals surface area contributed by atoms with Crippen LogP contribution in [0, 0.1) is 0 Å². The molecule has 2 aliphatic rings. The third-order valence-corrected chi connectivity index (χ3v) is 5.09. The van der Waals surface area contributed by atoms with Gasteiger partial charge in [-0.05, 0) is 31.4 Å². The van der Waals surface area contributed by atoms with Crippen LogP contribution in [0.5, 0.6) is 0 Å². The standard InChI is InChI=1S/C18H23N5O3/c1-12(24)23-11-14(25)10-15(23)18-20-17(21-26-18)13-5-6-19-16(9-13)22-7-3-2-4-8-22/h5-6,9,14-15,25H,2-4,7-8,10-11H2,1H3/t14-,15-/m1/s1. The Bertz CT molecular complexity index is 787. The summed E-state index contributed by atoms with van der Waals surface area (Å²) in [6.07, 6.45) is 5.25. The van der Waals surface area contributed by atoms with Crippen LogP contribution in [-0.4, -0.2) is 56.8 Å². The molecule has 8 nitrogen and oxygen atoms in total. The van der Waals surface area contributed by atoms with Gasteiger partial charge in [0.15, 0.2) is 0 Å². The van der Waals surface area contributed by atoms with E-state index in [-0.39, 0.29) is 11.9 Å². The second-order valence-corrected chi connectivity index (χ2v) is 6.98. The van der Waals surface area contributed by atoms with Gasteiger partial charge in [-0.1, -0.05) is 5.16 Å². The van der Waals surface area contributed by atoms with Gasteiger partial charge in [-0.25, -0.2) is 4.98 Å². The molecule has 0 spiro atoms. The summed E-state index contributed by atoms with van der Waals surface area (Å²) in [5, 5.41) is 14.0. The van der Waals surface area contributed by atoms with Gasteiger partial charge in [-0.15, -0.1) is 0 Å². The first kappa shape index (κ1) is 17.0. The van der Waals surface area contributed by atoms with E-state index in [4.69, 9.17) is 4.52 Å². The first-order valence-electron chi connectivity index (χ1n) is 9.12. The van der Waals surface area contributed by atoms with Gasteiger partial charge < -0.3 is 19.4 Å². The number of carbonyl (C=O) groups excluding carboxylic acids is 1. The Hall–Kier alpha value is -2.48. The smallest absolute Gasteiger partial charge is 0.249 e. The van der Waals surface area contributed by atoms with Gasteiger partial charge in [-0.2, -0.15) is 4.98 Å². The van der Waals surface area contributed by atoms with Crippen molar-refractivity contribution in [1.29, 1.82) is 0 Å². The van der Waals surface area contributed by atoms with E-state index >= 15 is 0 Å². The summed E-state index contributed by atoms with van der Waals surface area (Å²) in [6, 6.07) is 3.47. The number of piperidine rings is 1. The first-order valence-corrected chi connectivity index (χ1v) is 9.12. The van der Waals surface area contributed by atoms with Gasteiger partial charge in [0.1, 0.15) is 11.9 Å². The molecule has 0 unspecified atom stereocenters. The van der Waals surface area contributed by atoms with E-state index in [0.29, 0.717) is 24.7 Å². The number of pyridine rings is 1. The zero-order chi connectivity index (χ0) is 18.1. The summed E-state index contributed by atoms with van der Waals surface area (Å²) in [6.45, 7) is 3.81. The van der Waals surface area contributed by atoms with Crippen LogP contribution in [0.25, 0.3) is 11.4 Å². The van der Waals surface area contributed by atoms with Crippen molar-refractivity contribution in [1.82, 2.24) is 20.0 Å². The number of anilines is 1. The van der Waals surface area contributed by atoms with Crippen LogP contribution < -0.4 is 4.90 Å². The highest BCUT2D eigenvalue weighted by atomic mass is 16.5. The maximum Gasteiger partial charge on any atom is 0.249 e. The summed E-state index contributed by atoms with van der Waals surface area (Å²) in [7, 11) is 0. The van der Waals surface area contributed by atoms with Crippen molar-refractivity contribution in [2.75, 3.05) is 24.5 Å². The number of carbonyl (C=O) groups is 1. The molecule has 0 radical (unpaired) electrons. The molecule has 8 heteroatoms. The number of β-amino-alcohol motifs (C(OH)–C–C–N with tert-alkyl or cyclic N) is 1. The van der Waals surface area contributed by atoms with Crippen molar-refractivity contribution < 1.29 is 14.4 Å². The zero-order valence-electron chi connectivity index (χ0n) is 14.8. The molecule has 2 saturated heterocycles. The average Bonchev–Trinajstić information content (AvgIpc) is 3.29. The van der Waals surface area contributed by atoms with Crippen molar-refractivity contribution in [3.8, 4) is 11.4 Å². The normalized spacial score (nSPS) is 23.5. The first-order chi connectivity index (χ1) is 12.6. The second kappa shape index (κ2) is 7.03. The number of aliphatic hydroxyl groups is 1. The molecular weight excluding hydrogens is 334 g/mol. The topological polar surface area (TPSA) is 95.6 Å². The predicted molar refractivity (Wildman–Crippen MR) is 94.3 cm³/mol. The number of hydrogen-bond acceptors (Lipinski definition) is 7. The maximum absolute atomic E-state index is 11.8. The highest BCUT2D eigenvalue weighted by Gasteiger charge is 2.37. The summed E-state index contributed by atoms with van der Waals surface area (Å²) >= 11 is 0. The van der Waals surface area contributed by atoms with Gasteiger partial charge in [-0.3, -0.25) is 4.79 Å². The van der Waals surface area contributed by atoms with E-state index in [9.17, 15) is 9.90 Å². The summed E-state index contributed by atoms with van der Waals surface area (Å²) < 4.78 is 5.42. The van der Waals surface area contributed by atoms with E-state index in [2.05, 4.69) is 20.0 Å². The molecule has 4 rings (SSSR count). The van der Waals surface area contributed by atoms with Crippen LogP contribution in [0.3, 0.4) is 0 Å². The molecule has 1 amide bonds. The fourth-order valence-corrected chi connectivity index (χ4v) is 3.74. The van der Waals surface area contributed by atoms with Gasteiger partial charge in [0.2, 0.25) is 17.6 Å². The van der Waals surface area contributed by atoms with Crippen LogP contribution in [0.1, 0.15) is 44.5 Å². The minimum absolute atomic E-state index is 0.109. The van der Waals surface area contributed by atoms with Crippen LogP contribution in [0.4, 0.5) is 5.82 Å². The molecule has 2 aliphatic heterocycles. The molecule has 2 fully saturated rings. The molecular formula is C18H23N5O3. The lowest BCUT2D eigenvalue weighted by Crippen LogP contribution is -2.30. The minimum Gasteiger partial charge on any atom is -0.391 e. The summed E-state index contributed by atoms with van der Waals surface area (Å²) in [5.41, 5.74) is 0.837. The van der Waals surface area contributed by atoms with E-state index < -0.39 is 6.10 Å². The average molecular weight is 357 g/mol. The summed E-state index contributed by atoms with van der Waals surface area (Å²) in [5.74, 6) is 1.66. The lowest BCUT2D eigenvalue weighted by molar-refractivity contribution is -0.130. The molecule has 1 N–H and O–H groups in total. The Labute approximate surface area is 151 Å². The Morgan fingerprint density at radius 3 is 2.88 bits per heavy atom. The lowest BCUT2D eigenvalue weighted by atomic mass is 10.1. The number of amides is 1. The van der Waals surface area contributed by atoms with E-state index in [1.54, 1.807) is 11.1 Å². The van der Waals surface area contributed by atoms with E-state index in [1.807, 2.05) is 12.1 Å². The molecule has 2 aromatic heterocycles. The van der Waals surface area contributed by atoms with Gasteiger partial charge >= 0.3 is 0 Å². The summed E-state index contributed by atoms with van der Waals surface area (Å²) in [4.78, 5) is 24.6. The van der Waals surface area contributed by atoms with E-state index in [0.717, 1.165) is 24.5 Å². The fraction of sp³-hybridized carbons (Fsp3) is 0.556. The number of likely N-dealkylation sites (tertiary alicyclic amines) is 1. The maximum atomic E-state index is 11.8. The zero-order valence-corrected chi connectivity index (χ0v) is 14.8. The molecule has 4 heterocycles. The van der Waals surface area contributed by atoms with Crippen molar-refractivity contribution in [3.63, 3.8) is 0 Å². The highest BCUT2D eigenvalue weighted by Crippen LogP contribution is 2.32. The van der Waals surface area contributed by atoms with Crippen LogP contribution >= 0.6 is 0 Å². The van der Waals surface area contributed by atoms with E-state index in [1.165, 1.54) is 26.2 Å². The van der Waals surface area contributed by atoms with Crippen molar-refractivity contribution in [3.05, 3.63) is 24.2 Å². The number of aromatic nitrogens is 3. The number of rotatable bonds is 3. The second-order valence-electron chi connectivity index (χ2n) is 6.98. The van der Waals surface area contributed by atoms with Crippen LogP contribution in [-0.2, 0) is 4.79 Å². The van der Waals surface area contributed by atoms with Crippen LogP contribution in [0.2, 0.25) is 0 Å². The van der Waals surface area contributed by atoms with Gasteiger partial charge in [0.25, 0.3) is 0 Å². The third kappa shape index (κ3) is 3.29. The Balaban J connectivity index is 1.57. The Morgan fingerprint density at radius 1 is 1.31 bits per heavy atom. The highest BCUT2D eigenvalue weighted by molar-refractivity contribution is 5.74. The molecule has 26 heavy (non-hydrogen) atoms. The minimum atomic E-state index is -0.564. The molecule has 0 saturated carbocycles. The van der Waals surface area contributed by atoms with Crippen LogP contribution in [0.15, 0.2) is 22.9 Å². The molecule has 0 bridgehead atoms. The molecule has 2 atom stereocenters. The van der Waals surface area contributed by atoms with Crippen molar-refractivity contribution in [2.24, 2.45) is 0 Å². The number of hydrogen-bond donors (Lipinski definition) is 1. The SMILES string of the molecule is CC(=O)N1C[C@H](O)C[C@@H]1c1nc(-c2ccnc(N3CCCCC3)c2)no1. The fourth-order valence-electron chi connectivity index (χ4n) is 3.74. The van der Waals surface area contributed by atoms with Crippen molar-refractivity contribution in [2.45, 2.75) is 44.8 Å². The predicted octanol–water partition coefficient (Wildman–Crippen LogP) is 1.78. The Morgan fingerprint density at radius 2 is 2.12 bits per heavy atom. The van der Waals surface area contributed by atoms with Gasteiger partial charge in [0, 0.05) is 44.7 Å². The number of nitrogens with zero attached hydrogens (tertiary/aromatic N) is 5. The van der Waals surface area contributed by atoms with Gasteiger partial charge in [0.05, 0.1) is 6.10 Å². The monoisotopic (exact) mass is 357 g/mol. The number of aliphatic hydroxyl groups excluding tert-OH is 1. The Kier molecular flexibility index (Phi) is 4.58. The molecule has 138 valence electrons. The molecule has 0 aliphatic carbocycles.